The van der Waals surface area contributed by atoms with Crippen LogP contribution in [-0.2, 0) is 0 Å². The Hall–Kier alpha value is -3.80. The van der Waals surface area contributed by atoms with E-state index < -0.39 is 0 Å². The number of nitrogens with zero attached hydrogens (tertiary/aromatic N) is 5. The van der Waals surface area contributed by atoms with E-state index in [4.69, 9.17) is 4.98 Å². The Bertz CT molecular complexity index is 1210. The van der Waals surface area contributed by atoms with E-state index in [0.29, 0.717) is 5.82 Å². The fraction of sp³-hybridized carbons (Fsp3) is 0. The third-order valence-electron chi connectivity index (χ3n) is 4.16. The molecular weight excluding hydrogens is 324 g/mol. The van der Waals surface area contributed by atoms with Gasteiger partial charge >= 0.3 is 0 Å². The summed E-state index contributed by atoms with van der Waals surface area (Å²) in [6, 6.07) is 19.6. The first-order valence-corrected chi connectivity index (χ1v) is 8.25. The highest BCUT2D eigenvalue weighted by atomic mass is 15.2. The van der Waals surface area contributed by atoms with Crippen LogP contribution in [0.4, 0.5) is 11.5 Å². The Morgan fingerprint density at radius 1 is 0.846 bits per heavy atom. The van der Waals surface area contributed by atoms with Gasteiger partial charge in [0.1, 0.15) is 11.5 Å². The van der Waals surface area contributed by atoms with Gasteiger partial charge in [-0.25, -0.2) is 14.5 Å². The number of pyridine rings is 2. The summed E-state index contributed by atoms with van der Waals surface area (Å²) in [6.07, 6.45) is 5.44. The Labute approximate surface area is 149 Å². The Morgan fingerprint density at radius 2 is 1.77 bits per heavy atom. The molecule has 0 radical (unpaired) electrons. The van der Waals surface area contributed by atoms with Gasteiger partial charge in [-0.05, 0) is 42.5 Å². The molecule has 0 atom stereocenters. The summed E-state index contributed by atoms with van der Waals surface area (Å²) in [6.45, 7) is 0. The third-order valence-corrected chi connectivity index (χ3v) is 4.16. The van der Waals surface area contributed by atoms with E-state index >= 15 is 0 Å². The van der Waals surface area contributed by atoms with Gasteiger partial charge < -0.3 is 5.32 Å². The summed E-state index contributed by atoms with van der Waals surface area (Å²) in [5.41, 5.74) is 3.57. The number of benzene rings is 1. The Kier molecular flexibility index (Phi) is 3.31. The summed E-state index contributed by atoms with van der Waals surface area (Å²) in [5.74, 6) is 1.34. The predicted octanol–water partition coefficient (Wildman–Crippen LogP) is 4.08. The molecule has 0 spiro atoms. The molecule has 6 heteroatoms. The lowest BCUT2D eigenvalue weighted by molar-refractivity contribution is 0.962. The molecule has 4 heterocycles. The van der Waals surface area contributed by atoms with E-state index in [1.165, 1.54) is 0 Å². The van der Waals surface area contributed by atoms with Gasteiger partial charge in [-0.2, -0.15) is 5.10 Å². The van der Waals surface area contributed by atoms with Gasteiger partial charge in [-0.3, -0.25) is 4.98 Å². The molecule has 0 fully saturated rings. The monoisotopic (exact) mass is 338 g/mol. The van der Waals surface area contributed by atoms with Crippen molar-refractivity contribution in [3.05, 3.63) is 79.3 Å². The van der Waals surface area contributed by atoms with Gasteiger partial charge in [0.25, 0.3) is 0 Å². The van der Waals surface area contributed by atoms with E-state index in [9.17, 15) is 0 Å². The average Bonchev–Trinajstić information content (AvgIpc) is 3.16. The van der Waals surface area contributed by atoms with Crippen LogP contribution in [0, 0.1) is 0 Å². The molecular formula is C20H14N6. The minimum Gasteiger partial charge on any atom is -0.339 e. The van der Waals surface area contributed by atoms with Crippen molar-refractivity contribution < 1.29 is 0 Å². The molecule has 0 aliphatic heterocycles. The van der Waals surface area contributed by atoms with E-state index in [-0.39, 0.29) is 0 Å². The van der Waals surface area contributed by atoms with Crippen molar-refractivity contribution in [2.45, 2.75) is 0 Å². The number of aromatic nitrogens is 5. The smallest absolute Gasteiger partial charge is 0.180 e. The van der Waals surface area contributed by atoms with Crippen LogP contribution in [0.5, 0.6) is 0 Å². The molecule has 0 unspecified atom stereocenters. The minimum absolute atomic E-state index is 0.595. The number of para-hydroxylation sites is 1. The fourth-order valence-electron chi connectivity index (χ4n) is 2.92. The first kappa shape index (κ1) is 14.5. The van der Waals surface area contributed by atoms with Crippen LogP contribution in [0.2, 0.25) is 0 Å². The standard InChI is InChI=1S/C20H14N6/c1-2-6-17-16(5-1)19(25-20(24-17)18-7-3-4-10-21-18)23-14-9-12-26-15(13-14)8-11-22-26/h1-13H,(H,23,24,25). The zero-order valence-corrected chi connectivity index (χ0v) is 13.7. The van der Waals surface area contributed by atoms with Crippen molar-refractivity contribution in [2.75, 3.05) is 5.32 Å². The van der Waals surface area contributed by atoms with E-state index in [0.717, 1.165) is 33.6 Å². The van der Waals surface area contributed by atoms with Gasteiger partial charge in [0, 0.05) is 29.7 Å². The fourth-order valence-corrected chi connectivity index (χ4v) is 2.92. The number of hydrogen-bond donors (Lipinski definition) is 1. The number of nitrogens with one attached hydrogen (secondary N) is 1. The van der Waals surface area contributed by atoms with Crippen molar-refractivity contribution in [1.82, 2.24) is 24.6 Å². The highest BCUT2D eigenvalue weighted by molar-refractivity contribution is 5.92. The highest BCUT2D eigenvalue weighted by Gasteiger charge is 2.10. The molecule has 5 aromatic rings. The Balaban J connectivity index is 1.65. The minimum atomic E-state index is 0.595. The molecule has 1 N–H and O–H groups in total. The highest BCUT2D eigenvalue weighted by Crippen LogP contribution is 2.27. The maximum atomic E-state index is 4.73. The number of fused-ring (bicyclic) bond motifs is 2. The summed E-state index contributed by atoms with van der Waals surface area (Å²) >= 11 is 0. The predicted molar refractivity (Wildman–Crippen MR) is 101 cm³/mol. The lowest BCUT2D eigenvalue weighted by Gasteiger charge is -2.11. The van der Waals surface area contributed by atoms with Crippen LogP contribution in [-0.4, -0.2) is 24.6 Å². The molecule has 0 saturated heterocycles. The largest absolute Gasteiger partial charge is 0.339 e. The molecule has 0 bridgehead atoms. The SMILES string of the molecule is c1ccc(-c2nc(Nc3ccn4nccc4c3)c3ccccc3n2)nc1. The molecule has 0 amide bonds. The second-order valence-corrected chi connectivity index (χ2v) is 5.87. The van der Waals surface area contributed by atoms with Crippen LogP contribution in [0.1, 0.15) is 0 Å². The van der Waals surface area contributed by atoms with E-state index in [1.807, 2.05) is 71.4 Å². The summed E-state index contributed by atoms with van der Waals surface area (Å²) in [5, 5.41) is 8.60. The van der Waals surface area contributed by atoms with E-state index in [2.05, 4.69) is 20.4 Å². The molecule has 5 rings (SSSR count). The van der Waals surface area contributed by atoms with Crippen LogP contribution in [0.3, 0.4) is 0 Å². The second-order valence-electron chi connectivity index (χ2n) is 5.87. The van der Waals surface area contributed by atoms with Crippen molar-refractivity contribution in [1.29, 1.82) is 0 Å². The number of hydrogen-bond acceptors (Lipinski definition) is 5. The molecule has 1 aromatic carbocycles. The number of anilines is 2. The van der Waals surface area contributed by atoms with Crippen molar-refractivity contribution in [3.63, 3.8) is 0 Å². The van der Waals surface area contributed by atoms with Crippen LogP contribution in [0.15, 0.2) is 79.3 Å². The van der Waals surface area contributed by atoms with Gasteiger partial charge in [0.05, 0.1) is 11.0 Å². The van der Waals surface area contributed by atoms with Gasteiger partial charge in [-0.15, -0.1) is 0 Å². The zero-order valence-electron chi connectivity index (χ0n) is 13.7. The first-order chi connectivity index (χ1) is 12.9. The molecule has 0 aliphatic carbocycles. The van der Waals surface area contributed by atoms with Crippen LogP contribution in [0.25, 0.3) is 27.9 Å². The van der Waals surface area contributed by atoms with Gasteiger partial charge in [0.15, 0.2) is 5.82 Å². The van der Waals surface area contributed by atoms with Crippen LogP contribution >= 0.6 is 0 Å². The normalized spacial score (nSPS) is 11.1. The van der Waals surface area contributed by atoms with Crippen molar-refractivity contribution in [2.24, 2.45) is 0 Å². The molecule has 0 saturated carbocycles. The summed E-state index contributed by atoms with van der Waals surface area (Å²) in [7, 11) is 0. The third kappa shape index (κ3) is 2.53. The maximum Gasteiger partial charge on any atom is 0.180 e. The molecule has 6 nitrogen and oxygen atoms in total. The molecule has 4 aromatic heterocycles. The van der Waals surface area contributed by atoms with E-state index in [1.54, 1.807) is 12.4 Å². The second kappa shape index (κ2) is 5.93. The Morgan fingerprint density at radius 3 is 2.69 bits per heavy atom. The van der Waals surface area contributed by atoms with Gasteiger partial charge in [-0.1, -0.05) is 18.2 Å². The van der Waals surface area contributed by atoms with Crippen LogP contribution < -0.4 is 5.32 Å². The molecule has 26 heavy (non-hydrogen) atoms. The quantitative estimate of drug-likeness (QED) is 0.537. The first-order valence-electron chi connectivity index (χ1n) is 8.25. The average molecular weight is 338 g/mol. The molecule has 0 aliphatic rings. The van der Waals surface area contributed by atoms with Crippen molar-refractivity contribution in [3.8, 4) is 11.5 Å². The lowest BCUT2D eigenvalue weighted by Crippen LogP contribution is -2.00. The lowest BCUT2D eigenvalue weighted by atomic mass is 10.2. The van der Waals surface area contributed by atoms with Crippen molar-refractivity contribution >= 4 is 27.9 Å². The maximum absolute atomic E-state index is 4.73. The summed E-state index contributed by atoms with van der Waals surface area (Å²) < 4.78 is 1.82. The number of rotatable bonds is 3. The summed E-state index contributed by atoms with van der Waals surface area (Å²) in [4.78, 5) is 13.8. The topological polar surface area (TPSA) is 68.0 Å². The molecule has 124 valence electrons. The van der Waals surface area contributed by atoms with Gasteiger partial charge in [0.2, 0.25) is 0 Å². The zero-order chi connectivity index (χ0) is 17.3.